The minimum atomic E-state index is -0.924. The van der Waals surface area contributed by atoms with Crippen molar-refractivity contribution in [2.45, 2.75) is 30.7 Å². The lowest BCUT2D eigenvalue weighted by atomic mass is 9.82. The molecule has 0 aromatic heterocycles. The normalized spacial score (nSPS) is 24.8. The molecule has 2 aromatic rings. The number of imide groups is 1. The minimum Gasteiger partial charge on any atom is -0.496 e. The first-order valence-electron chi connectivity index (χ1n) is 11.0. The molecule has 3 fully saturated rings. The van der Waals surface area contributed by atoms with E-state index in [1.807, 2.05) is 35.2 Å². The number of likely N-dealkylation sites (tertiary alicyclic amines) is 1. The molecule has 0 unspecified atom stereocenters. The molecule has 33 heavy (non-hydrogen) atoms. The summed E-state index contributed by atoms with van der Waals surface area (Å²) in [5, 5.41) is 12.4. The third kappa shape index (κ3) is 3.38. The molecule has 1 N–H and O–H groups in total. The Hall–Kier alpha value is -3.01. The standard InChI is InChI=1S/C24H27N3O6/c1-32-20-8-7-15(17-5-3-4-6-18(17)20)10-25-13-24(14-25)23(31)26(12-21(29)33-2)22(30)19-9-16(28)11-27(19)24/h3-8,16,19,28H,9-14H2,1-2H3/t16-,19+/m1/s1. The van der Waals surface area contributed by atoms with E-state index >= 15 is 0 Å². The summed E-state index contributed by atoms with van der Waals surface area (Å²) in [4.78, 5) is 43.3. The predicted octanol–water partition coefficient (Wildman–Crippen LogP) is 0.380. The van der Waals surface area contributed by atoms with Gasteiger partial charge >= 0.3 is 5.97 Å². The Morgan fingerprint density at radius 1 is 1.12 bits per heavy atom. The molecule has 9 heteroatoms. The maximum absolute atomic E-state index is 13.5. The monoisotopic (exact) mass is 453 g/mol. The van der Waals surface area contributed by atoms with Crippen LogP contribution >= 0.6 is 0 Å². The first-order chi connectivity index (χ1) is 15.9. The van der Waals surface area contributed by atoms with Crippen LogP contribution in [0.3, 0.4) is 0 Å². The van der Waals surface area contributed by atoms with E-state index in [-0.39, 0.29) is 18.9 Å². The Balaban J connectivity index is 1.40. The van der Waals surface area contributed by atoms with E-state index in [0.717, 1.165) is 27.0 Å². The second-order valence-electron chi connectivity index (χ2n) is 9.01. The van der Waals surface area contributed by atoms with Crippen LogP contribution in [-0.4, -0.2) is 95.7 Å². The first kappa shape index (κ1) is 21.8. The van der Waals surface area contributed by atoms with E-state index in [0.29, 0.717) is 19.6 Å². The van der Waals surface area contributed by atoms with Gasteiger partial charge in [0, 0.05) is 31.6 Å². The summed E-state index contributed by atoms with van der Waals surface area (Å²) in [6.45, 7) is 1.33. The van der Waals surface area contributed by atoms with Crippen molar-refractivity contribution < 1.29 is 29.0 Å². The number of hydrogen-bond donors (Lipinski definition) is 1. The first-order valence-corrected chi connectivity index (χ1v) is 11.0. The quantitative estimate of drug-likeness (QED) is 0.513. The van der Waals surface area contributed by atoms with Crippen LogP contribution in [0.1, 0.15) is 12.0 Å². The fourth-order valence-electron chi connectivity index (χ4n) is 5.53. The van der Waals surface area contributed by atoms with Gasteiger partial charge in [0.15, 0.2) is 0 Å². The zero-order valence-corrected chi connectivity index (χ0v) is 18.7. The molecule has 0 radical (unpaired) electrons. The highest BCUT2D eigenvalue weighted by Gasteiger charge is 2.64. The third-order valence-electron chi connectivity index (χ3n) is 7.10. The highest BCUT2D eigenvalue weighted by Crippen LogP contribution is 2.41. The van der Waals surface area contributed by atoms with E-state index in [1.54, 1.807) is 7.11 Å². The molecule has 5 rings (SSSR count). The van der Waals surface area contributed by atoms with Crippen molar-refractivity contribution in [1.29, 1.82) is 0 Å². The number of rotatable bonds is 5. The molecule has 174 valence electrons. The van der Waals surface area contributed by atoms with Gasteiger partial charge in [-0.2, -0.15) is 0 Å². The number of hydrogen-bond acceptors (Lipinski definition) is 8. The molecule has 0 saturated carbocycles. The highest BCUT2D eigenvalue weighted by molar-refractivity contribution is 6.07. The highest BCUT2D eigenvalue weighted by atomic mass is 16.5. The Morgan fingerprint density at radius 2 is 1.85 bits per heavy atom. The van der Waals surface area contributed by atoms with Gasteiger partial charge in [-0.3, -0.25) is 29.1 Å². The Morgan fingerprint density at radius 3 is 2.55 bits per heavy atom. The van der Waals surface area contributed by atoms with E-state index in [2.05, 4.69) is 11.0 Å². The summed E-state index contributed by atoms with van der Waals surface area (Å²) in [5.41, 5.74) is 0.191. The number of esters is 1. The average molecular weight is 453 g/mol. The van der Waals surface area contributed by atoms with E-state index in [1.165, 1.54) is 7.11 Å². The number of aliphatic hydroxyl groups excluding tert-OH is 1. The van der Waals surface area contributed by atoms with Gasteiger partial charge in [0.05, 0.1) is 26.4 Å². The minimum absolute atomic E-state index is 0.259. The lowest BCUT2D eigenvalue weighted by Crippen LogP contribution is -2.81. The summed E-state index contributed by atoms with van der Waals surface area (Å²) in [6, 6.07) is 11.4. The summed E-state index contributed by atoms with van der Waals surface area (Å²) in [5.74, 6) is -0.659. The zero-order valence-electron chi connectivity index (χ0n) is 18.7. The van der Waals surface area contributed by atoms with Gasteiger partial charge in [-0.05, 0) is 23.4 Å². The Labute approximate surface area is 191 Å². The second kappa shape index (κ2) is 8.09. The van der Waals surface area contributed by atoms with Crippen LogP contribution in [0.25, 0.3) is 10.8 Å². The molecule has 0 aliphatic carbocycles. The average Bonchev–Trinajstić information content (AvgIpc) is 3.19. The number of benzene rings is 2. The van der Waals surface area contributed by atoms with Crippen molar-refractivity contribution >= 4 is 28.6 Å². The number of nitrogens with zero attached hydrogens (tertiary/aromatic N) is 3. The maximum atomic E-state index is 13.5. The predicted molar refractivity (Wildman–Crippen MR) is 118 cm³/mol. The van der Waals surface area contributed by atoms with Gasteiger partial charge < -0.3 is 14.6 Å². The number of fused-ring (bicyclic) bond motifs is 3. The summed E-state index contributed by atoms with van der Waals surface area (Å²) >= 11 is 0. The SMILES string of the molecule is COC(=O)CN1C(=O)[C@@H]2C[C@@H](O)CN2C2(CN(Cc3ccc(OC)c4ccccc34)C2)C1=O. The van der Waals surface area contributed by atoms with Crippen LogP contribution < -0.4 is 4.74 Å². The van der Waals surface area contributed by atoms with Gasteiger partial charge in [-0.25, -0.2) is 0 Å². The van der Waals surface area contributed by atoms with Crippen LogP contribution in [0.5, 0.6) is 5.75 Å². The number of amides is 2. The van der Waals surface area contributed by atoms with Crippen molar-refractivity contribution in [3.05, 3.63) is 42.0 Å². The largest absolute Gasteiger partial charge is 0.496 e. The van der Waals surface area contributed by atoms with E-state index in [4.69, 9.17) is 9.47 Å². The van der Waals surface area contributed by atoms with E-state index < -0.39 is 36.1 Å². The number of aliphatic hydroxyl groups is 1. The van der Waals surface area contributed by atoms with Crippen molar-refractivity contribution in [2.24, 2.45) is 0 Å². The number of piperazine rings is 1. The Kier molecular flexibility index (Phi) is 5.35. The lowest BCUT2D eigenvalue weighted by molar-refractivity contribution is -0.183. The van der Waals surface area contributed by atoms with Gasteiger partial charge in [-0.1, -0.05) is 30.3 Å². The van der Waals surface area contributed by atoms with Crippen molar-refractivity contribution in [2.75, 3.05) is 40.4 Å². The molecule has 0 bridgehead atoms. The number of methoxy groups -OCH3 is 2. The number of carbonyl (C=O) groups excluding carboxylic acids is 3. The molecule has 9 nitrogen and oxygen atoms in total. The van der Waals surface area contributed by atoms with Crippen LogP contribution in [0.15, 0.2) is 36.4 Å². The topological polar surface area (TPSA) is 99.6 Å². The molecule has 3 aliphatic heterocycles. The van der Waals surface area contributed by atoms with Crippen molar-refractivity contribution in [3.8, 4) is 5.75 Å². The lowest BCUT2D eigenvalue weighted by Gasteiger charge is -2.58. The van der Waals surface area contributed by atoms with Gasteiger partial charge in [0.2, 0.25) is 5.91 Å². The summed E-state index contributed by atoms with van der Waals surface area (Å²) < 4.78 is 10.2. The van der Waals surface area contributed by atoms with Crippen molar-refractivity contribution in [3.63, 3.8) is 0 Å². The molecule has 3 heterocycles. The smallest absolute Gasteiger partial charge is 0.325 e. The van der Waals surface area contributed by atoms with E-state index in [9.17, 15) is 19.5 Å². The molecule has 2 amide bonds. The zero-order chi connectivity index (χ0) is 23.3. The maximum Gasteiger partial charge on any atom is 0.325 e. The summed E-state index contributed by atoms with van der Waals surface area (Å²) in [7, 11) is 2.88. The molecule has 2 aromatic carbocycles. The van der Waals surface area contributed by atoms with Crippen LogP contribution in [0, 0.1) is 0 Å². The van der Waals surface area contributed by atoms with Crippen LogP contribution in [0.4, 0.5) is 0 Å². The van der Waals surface area contributed by atoms with Gasteiger partial charge in [0.25, 0.3) is 5.91 Å². The molecule has 1 spiro atoms. The van der Waals surface area contributed by atoms with Gasteiger partial charge in [0.1, 0.15) is 17.8 Å². The molecule has 2 atom stereocenters. The Bertz CT molecular complexity index is 1130. The van der Waals surface area contributed by atoms with Crippen LogP contribution in [0.2, 0.25) is 0 Å². The molecular formula is C24H27N3O6. The van der Waals surface area contributed by atoms with Crippen molar-refractivity contribution in [1.82, 2.24) is 14.7 Å². The molecule has 3 aliphatic rings. The third-order valence-corrected chi connectivity index (χ3v) is 7.10. The summed E-state index contributed by atoms with van der Waals surface area (Å²) in [6.07, 6.45) is -0.421. The number of β-amino-alcohol motifs (C(OH)–C–C–N with tert-alkyl or cyclic N) is 1. The number of ether oxygens (including phenoxy) is 2. The van der Waals surface area contributed by atoms with Crippen LogP contribution in [-0.2, 0) is 25.7 Å². The fraction of sp³-hybridized carbons (Fsp3) is 0.458. The molecule has 3 saturated heterocycles. The second-order valence-corrected chi connectivity index (χ2v) is 9.01. The fourth-order valence-corrected chi connectivity index (χ4v) is 5.53. The molecular weight excluding hydrogens is 426 g/mol. The number of carbonyl (C=O) groups is 3. The van der Waals surface area contributed by atoms with Gasteiger partial charge in [-0.15, -0.1) is 0 Å².